The summed E-state index contributed by atoms with van der Waals surface area (Å²) in [6.07, 6.45) is 0. The average molecular weight is 429 g/mol. The van der Waals surface area contributed by atoms with Crippen LogP contribution in [0.25, 0.3) is 11.1 Å². The third-order valence-electron chi connectivity index (χ3n) is 4.29. The Balaban J connectivity index is 0.000000176. The Kier molecular flexibility index (Phi) is 11.3. The lowest BCUT2D eigenvalue weighted by molar-refractivity contribution is 0.584. The van der Waals surface area contributed by atoms with Gasteiger partial charge in [-0.1, -0.05) is 127 Å². The van der Waals surface area contributed by atoms with Gasteiger partial charge < -0.3 is 0 Å². The number of rotatable bonds is 4. The predicted octanol–water partition coefficient (Wildman–Crippen LogP) is 6.79. The molecule has 4 aromatic rings. The fourth-order valence-electron chi connectivity index (χ4n) is 3.03. The van der Waals surface area contributed by atoms with E-state index in [1.54, 1.807) is 0 Å². The minimum atomic E-state index is -0.307. The van der Waals surface area contributed by atoms with E-state index in [9.17, 15) is 0 Å². The Morgan fingerprint density at radius 1 is 0.387 bits per heavy atom. The fourth-order valence-corrected chi connectivity index (χ4v) is 5.11. The van der Waals surface area contributed by atoms with Gasteiger partial charge in [-0.2, -0.15) is 0 Å². The standard InChI is InChI=1S/C12H10.C10H17N2P.C6H6/c1-3-7-11(8-4-1)12-9-5-2-6-10-12;1-11(2)13(12(3)4)10-8-6-5-7-9-10;1-2-4-6-5-3-1/h1-10H;5-9H,1-4H3;1-6H. The molecule has 4 rings (SSSR count). The van der Waals surface area contributed by atoms with Crippen LogP contribution in [-0.4, -0.2) is 37.5 Å². The Bertz CT molecular complexity index is 855. The second-order valence-corrected chi connectivity index (χ2v) is 9.90. The first-order valence-electron chi connectivity index (χ1n) is 10.4. The summed E-state index contributed by atoms with van der Waals surface area (Å²) in [4.78, 5) is 0. The lowest BCUT2D eigenvalue weighted by Crippen LogP contribution is -2.24. The number of hydrogen-bond acceptors (Lipinski definition) is 2. The molecule has 0 N–H and O–H groups in total. The molecule has 0 saturated heterocycles. The van der Waals surface area contributed by atoms with Crippen LogP contribution in [-0.2, 0) is 0 Å². The van der Waals surface area contributed by atoms with Gasteiger partial charge in [-0.05, 0) is 39.3 Å². The van der Waals surface area contributed by atoms with E-state index < -0.39 is 0 Å². The van der Waals surface area contributed by atoms with Crippen molar-refractivity contribution in [3.8, 4) is 11.1 Å². The van der Waals surface area contributed by atoms with Crippen LogP contribution in [0.5, 0.6) is 0 Å². The molecule has 0 aliphatic carbocycles. The van der Waals surface area contributed by atoms with Gasteiger partial charge >= 0.3 is 0 Å². The van der Waals surface area contributed by atoms with Crippen molar-refractivity contribution in [1.82, 2.24) is 9.34 Å². The van der Waals surface area contributed by atoms with E-state index in [2.05, 4.69) is 116 Å². The molecule has 0 atom stereocenters. The topological polar surface area (TPSA) is 6.48 Å². The van der Waals surface area contributed by atoms with Gasteiger partial charge in [0.15, 0.2) is 0 Å². The van der Waals surface area contributed by atoms with Gasteiger partial charge in [0, 0.05) is 5.30 Å². The fraction of sp³-hybridized carbons (Fsp3) is 0.143. The summed E-state index contributed by atoms with van der Waals surface area (Å²) in [5.74, 6) is 0. The van der Waals surface area contributed by atoms with E-state index in [4.69, 9.17) is 0 Å². The van der Waals surface area contributed by atoms with Crippen LogP contribution in [0, 0.1) is 0 Å². The van der Waals surface area contributed by atoms with Gasteiger partial charge in [-0.25, -0.2) is 0 Å². The minimum Gasteiger partial charge on any atom is -0.272 e. The van der Waals surface area contributed by atoms with Gasteiger partial charge in [0.2, 0.25) is 0 Å². The molecule has 31 heavy (non-hydrogen) atoms. The summed E-state index contributed by atoms with van der Waals surface area (Å²) in [7, 11) is 8.19. The summed E-state index contributed by atoms with van der Waals surface area (Å²) in [5.41, 5.74) is 2.55. The van der Waals surface area contributed by atoms with E-state index in [1.165, 1.54) is 16.4 Å². The lowest BCUT2D eigenvalue weighted by Gasteiger charge is -2.30. The van der Waals surface area contributed by atoms with E-state index in [0.717, 1.165) is 0 Å². The zero-order valence-corrected chi connectivity index (χ0v) is 19.9. The van der Waals surface area contributed by atoms with Crippen LogP contribution in [0.4, 0.5) is 0 Å². The van der Waals surface area contributed by atoms with E-state index >= 15 is 0 Å². The Labute approximate surface area is 189 Å². The first-order valence-corrected chi connectivity index (χ1v) is 11.6. The van der Waals surface area contributed by atoms with Crippen LogP contribution in [0.15, 0.2) is 127 Å². The van der Waals surface area contributed by atoms with Crippen LogP contribution < -0.4 is 5.30 Å². The van der Waals surface area contributed by atoms with Gasteiger partial charge in [0.25, 0.3) is 0 Å². The van der Waals surface area contributed by atoms with Crippen molar-refractivity contribution in [3.63, 3.8) is 0 Å². The maximum Gasteiger partial charge on any atom is 0.0713 e. The van der Waals surface area contributed by atoms with Gasteiger partial charge in [0.1, 0.15) is 0 Å². The molecule has 2 nitrogen and oxygen atoms in total. The Hall–Kier alpha value is -2.77. The third kappa shape index (κ3) is 9.27. The monoisotopic (exact) mass is 428 g/mol. The quantitative estimate of drug-likeness (QED) is 0.330. The molecule has 0 aromatic heterocycles. The van der Waals surface area contributed by atoms with Crippen LogP contribution in [0.3, 0.4) is 0 Å². The second-order valence-electron chi connectivity index (χ2n) is 7.21. The van der Waals surface area contributed by atoms with Gasteiger partial charge in [0.05, 0.1) is 8.22 Å². The summed E-state index contributed by atoms with van der Waals surface area (Å²) >= 11 is 0. The largest absolute Gasteiger partial charge is 0.272 e. The van der Waals surface area contributed by atoms with Crippen molar-refractivity contribution in [2.45, 2.75) is 0 Å². The second kappa shape index (κ2) is 14.3. The van der Waals surface area contributed by atoms with Crippen molar-refractivity contribution < 1.29 is 0 Å². The average Bonchev–Trinajstić information content (AvgIpc) is 2.82. The molecule has 0 saturated carbocycles. The first-order chi connectivity index (χ1) is 15.1. The molecule has 0 aliphatic rings. The van der Waals surface area contributed by atoms with Crippen molar-refractivity contribution in [3.05, 3.63) is 127 Å². The van der Waals surface area contributed by atoms with Gasteiger partial charge in [-0.15, -0.1) is 0 Å². The van der Waals surface area contributed by atoms with Crippen LogP contribution in [0.1, 0.15) is 0 Å². The highest BCUT2D eigenvalue weighted by molar-refractivity contribution is 7.60. The van der Waals surface area contributed by atoms with Crippen LogP contribution >= 0.6 is 8.22 Å². The molecule has 160 valence electrons. The molecule has 0 spiro atoms. The van der Waals surface area contributed by atoms with Gasteiger partial charge in [-0.3, -0.25) is 9.34 Å². The zero-order chi connectivity index (χ0) is 22.3. The highest BCUT2D eigenvalue weighted by atomic mass is 31.1. The SMILES string of the molecule is CN(C)P(c1ccccc1)N(C)C.c1ccc(-c2ccccc2)cc1.c1ccccc1. The molecule has 0 amide bonds. The third-order valence-corrected chi connectivity index (χ3v) is 6.57. The van der Waals surface area contributed by atoms with Crippen molar-refractivity contribution in [2.24, 2.45) is 0 Å². The lowest BCUT2D eigenvalue weighted by atomic mass is 10.1. The summed E-state index contributed by atoms with van der Waals surface area (Å²) in [6.45, 7) is 0. The Morgan fingerprint density at radius 2 is 0.645 bits per heavy atom. The van der Waals surface area contributed by atoms with Crippen molar-refractivity contribution in [2.75, 3.05) is 28.2 Å². The first kappa shape index (κ1) is 24.5. The molecule has 0 bridgehead atoms. The van der Waals surface area contributed by atoms with Crippen molar-refractivity contribution >= 4 is 13.5 Å². The highest BCUT2D eigenvalue weighted by Crippen LogP contribution is 2.37. The van der Waals surface area contributed by atoms with E-state index in [-0.39, 0.29) is 8.22 Å². The molecule has 0 radical (unpaired) electrons. The number of benzene rings is 4. The van der Waals surface area contributed by atoms with Crippen molar-refractivity contribution in [1.29, 1.82) is 0 Å². The molecule has 4 aromatic carbocycles. The normalized spacial score (nSPS) is 10.2. The minimum absolute atomic E-state index is 0.307. The zero-order valence-electron chi connectivity index (χ0n) is 19.0. The molecular weight excluding hydrogens is 395 g/mol. The summed E-state index contributed by atoms with van der Waals surface area (Å²) < 4.78 is 4.54. The number of hydrogen-bond donors (Lipinski definition) is 0. The van der Waals surface area contributed by atoms with Crippen LogP contribution in [0.2, 0.25) is 0 Å². The molecule has 0 aliphatic heterocycles. The predicted molar refractivity (Wildman–Crippen MR) is 139 cm³/mol. The molecule has 0 heterocycles. The number of nitrogens with zero attached hydrogens (tertiary/aromatic N) is 2. The summed E-state index contributed by atoms with van der Waals surface area (Å²) in [6, 6.07) is 43.4. The molecule has 3 heteroatoms. The molecular formula is C28H33N2P. The Morgan fingerprint density at radius 3 is 0.935 bits per heavy atom. The maximum absolute atomic E-state index is 2.27. The summed E-state index contributed by atoms with van der Waals surface area (Å²) in [5, 5.41) is 1.40. The highest BCUT2D eigenvalue weighted by Gasteiger charge is 2.15. The molecule has 0 fully saturated rings. The van der Waals surface area contributed by atoms with E-state index in [1.807, 2.05) is 48.5 Å². The smallest absolute Gasteiger partial charge is 0.0713 e. The maximum atomic E-state index is 2.27. The van der Waals surface area contributed by atoms with E-state index in [0.29, 0.717) is 0 Å². The molecule has 0 unspecified atom stereocenters.